The van der Waals surface area contributed by atoms with Crippen LogP contribution in [0.5, 0.6) is 5.75 Å². The third kappa shape index (κ3) is 5.21. The van der Waals surface area contributed by atoms with Crippen molar-refractivity contribution < 1.29 is 19.7 Å². The third-order valence-electron chi connectivity index (χ3n) is 6.44. The van der Waals surface area contributed by atoms with E-state index in [-0.39, 0.29) is 17.7 Å². The first-order valence-corrected chi connectivity index (χ1v) is 12.8. The van der Waals surface area contributed by atoms with Crippen molar-refractivity contribution in [3.63, 3.8) is 0 Å². The van der Waals surface area contributed by atoms with E-state index in [2.05, 4.69) is 30.2 Å². The van der Waals surface area contributed by atoms with Crippen molar-refractivity contribution >= 4 is 50.0 Å². The van der Waals surface area contributed by atoms with Gasteiger partial charge in [0.15, 0.2) is 10.8 Å². The second-order valence-corrected chi connectivity index (χ2v) is 10.4. The standard InChI is InChI=1S/C25H25ClN6O4S/c1-14-7-16(17-9-21(26)28-12-19(17)36-2)18(11-27-14)23(34)31-24-30-22-20(37-24)8-15(10-29-22)32-5-3-25(35,13-33)4-6-32/h7-12,33,35H,3-6,13H2,1-2H3,(H,29,30,31,34). The molecule has 0 radical (unpaired) electrons. The zero-order chi connectivity index (χ0) is 26.2. The van der Waals surface area contributed by atoms with Gasteiger partial charge < -0.3 is 19.8 Å². The minimum atomic E-state index is -1.02. The van der Waals surface area contributed by atoms with E-state index in [1.165, 1.54) is 30.8 Å². The summed E-state index contributed by atoms with van der Waals surface area (Å²) >= 11 is 7.46. The molecule has 192 valence electrons. The smallest absolute Gasteiger partial charge is 0.259 e. The van der Waals surface area contributed by atoms with E-state index in [1.807, 2.05) is 13.0 Å². The molecule has 0 saturated carbocycles. The van der Waals surface area contributed by atoms with Crippen LogP contribution in [0.25, 0.3) is 21.5 Å². The Hall–Kier alpha value is -3.38. The van der Waals surface area contributed by atoms with E-state index in [1.54, 1.807) is 18.3 Å². The zero-order valence-electron chi connectivity index (χ0n) is 20.2. The molecule has 5 rings (SSSR count). The monoisotopic (exact) mass is 540 g/mol. The minimum Gasteiger partial charge on any atom is -0.494 e. The Labute approximate surface area is 222 Å². The molecular weight excluding hydrogens is 516 g/mol. The van der Waals surface area contributed by atoms with Crippen molar-refractivity contribution in [1.82, 2.24) is 19.9 Å². The number of pyridine rings is 3. The third-order valence-corrected chi connectivity index (χ3v) is 7.55. The fourth-order valence-electron chi connectivity index (χ4n) is 4.29. The Morgan fingerprint density at radius 3 is 2.68 bits per heavy atom. The van der Waals surface area contributed by atoms with Crippen LogP contribution in [0.1, 0.15) is 28.9 Å². The highest BCUT2D eigenvalue weighted by atomic mass is 35.5. The van der Waals surface area contributed by atoms with Crippen molar-refractivity contribution in [1.29, 1.82) is 0 Å². The molecule has 0 atom stereocenters. The first kappa shape index (κ1) is 25.3. The number of anilines is 2. The second-order valence-electron chi connectivity index (χ2n) is 8.94. The Bertz CT molecular complexity index is 1470. The van der Waals surface area contributed by atoms with Crippen LogP contribution in [-0.4, -0.2) is 68.5 Å². The lowest BCUT2D eigenvalue weighted by molar-refractivity contribution is -0.0325. The Kier molecular flexibility index (Phi) is 6.95. The van der Waals surface area contributed by atoms with E-state index in [9.17, 15) is 15.0 Å². The van der Waals surface area contributed by atoms with Gasteiger partial charge in [-0.25, -0.2) is 9.97 Å². The van der Waals surface area contributed by atoms with Crippen LogP contribution in [0, 0.1) is 6.92 Å². The summed E-state index contributed by atoms with van der Waals surface area (Å²) in [4.78, 5) is 32.8. The SMILES string of the molecule is COc1cnc(Cl)cc1-c1cc(C)ncc1C(=O)Nc1nc2ncc(N3CCC(O)(CO)CC3)cc2s1. The molecule has 1 aliphatic rings. The minimum absolute atomic E-state index is 0.241. The van der Waals surface area contributed by atoms with Gasteiger partial charge in [0.25, 0.3) is 5.91 Å². The van der Waals surface area contributed by atoms with Gasteiger partial charge in [0.2, 0.25) is 0 Å². The molecular formula is C25H25ClN6O4S. The molecule has 0 aromatic carbocycles. The van der Waals surface area contributed by atoms with Crippen molar-refractivity contribution in [3.8, 4) is 16.9 Å². The number of fused-ring (bicyclic) bond motifs is 1. The van der Waals surface area contributed by atoms with Crippen LogP contribution >= 0.6 is 22.9 Å². The maximum atomic E-state index is 13.3. The van der Waals surface area contributed by atoms with Crippen LogP contribution in [-0.2, 0) is 0 Å². The normalized spacial score (nSPS) is 15.1. The molecule has 3 N–H and O–H groups in total. The highest BCUT2D eigenvalue weighted by Gasteiger charge is 2.31. The van der Waals surface area contributed by atoms with Crippen LogP contribution in [0.2, 0.25) is 5.15 Å². The molecule has 0 aliphatic carbocycles. The van der Waals surface area contributed by atoms with Crippen LogP contribution in [0.3, 0.4) is 0 Å². The summed E-state index contributed by atoms with van der Waals surface area (Å²) in [6.07, 6.45) is 5.72. The molecule has 37 heavy (non-hydrogen) atoms. The number of thiazole rings is 1. The van der Waals surface area contributed by atoms with Crippen LogP contribution < -0.4 is 15.0 Å². The van der Waals surface area contributed by atoms with E-state index in [0.29, 0.717) is 59.1 Å². The number of aliphatic hydroxyl groups is 2. The fraction of sp³-hybridized carbons (Fsp3) is 0.320. The molecule has 10 nitrogen and oxygen atoms in total. The number of aryl methyl sites for hydroxylation is 1. The summed E-state index contributed by atoms with van der Waals surface area (Å²) in [7, 11) is 1.53. The molecule has 5 heterocycles. The van der Waals surface area contributed by atoms with Gasteiger partial charge in [-0.3, -0.25) is 15.1 Å². The number of carbonyl (C=O) groups is 1. The quantitative estimate of drug-likeness (QED) is 0.313. The molecule has 0 unspecified atom stereocenters. The number of piperidine rings is 1. The number of methoxy groups -OCH3 is 1. The first-order valence-electron chi connectivity index (χ1n) is 11.6. The molecule has 4 aromatic rings. The van der Waals surface area contributed by atoms with Gasteiger partial charge in [-0.15, -0.1) is 0 Å². The average molecular weight is 541 g/mol. The van der Waals surface area contributed by atoms with Crippen LogP contribution in [0.15, 0.2) is 36.8 Å². The van der Waals surface area contributed by atoms with Crippen molar-refractivity contribution in [2.75, 3.05) is 37.0 Å². The number of aliphatic hydroxyl groups excluding tert-OH is 1. The topological polar surface area (TPSA) is 134 Å². The van der Waals surface area contributed by atoms with Gasteiger partial charge in [0.05, 0.1) is 47.7 Å². The molecule has 1 fully saturated rings. The lowest BCUT2D eigenvalue weighted by atomic mass is 9.92. The van der Waals surface area contributed by atoms with Crippen LogP contribution in [0.4, 0.5) is 10.8 Å². The molecule has 12 heteroatoms. The summed E-state index contributed by atoms with van der Waals surface area (Å²) in [5.74, 6) is 0.104. The number of nitrogens with one attached hydrogen (secondary N) is 1. The Balaban J connectivity index is 1.40. The number of halogens is 1. The summed E-state index contributed by atoms with van der Waals surface area (Å²) in [5, 5.41) is 23.2. The number of hydrogen-bond acceptors (Lipinski definition) is 10. The first-order chi connectivity index (χ1) is 17.8. The summed E-state index contributed by atoms with van der Waals surface area (Å²) in [6, 6.07) is 5.42. The molecule has 1 amide bonds. The van der Waals surface area contributed by atoms with Crippen molar-refractivity contribution in [3.05, 3.63) is 53.2 Å². The number of carbonyl (C=O) groups excluding carboxylic acids is 1. The number of ether oxygens (including phenoxy) is 1. The number of amides is 1. The second kappa shape index (κ2) is 10.2. The van der Waals surface area contributed by atoms with E-state index >= 15 is 0 Å². The predicted octanol–water partition coefficient (Wildman–Crippen LogP) is 3.69. The molecule has 0 spiro atoms. The number of nitrogens with zero attached hydrogens (tertiary/aromatic N) is 5. The van der Waals surface area contributed by atoms with Gasteiger partial charge in [0, 0.05) is 36.1 Å². The number of hydrogen-bond donors (Lipinski definition) is 3. The Morgan fingerprint density at radius 1 is 1.16 bits per heavy atom. The number of aromatic nitrogens is 4. The maximum Gasteiger partial charge on any atom is 0.259 e. The lowest BCUT2D eigenvalue weighted by Crippen LogP contribution is -2.46. The fourth-order valence-corrected chi connectivity index (χ4v) is 5.30. The predicted molar refractivity (Wildman–Crippen MR) is 143 cm³/mol. The molecule has 1 saturated heterocycles. The maximum absolute atomic E-state index is 13.3. The average Bonchev–Trinajstić information content (AvgIpc) is 3.30. The molecule has 0 bridgehead atoms. The zero-order valence-corrected chi connectivity index (χ0v) is 21.8. The molecule has 1 aliphatic heterocycles. The van der Waals surface area contributed by atoms with E-state index in [0.717, 1.165) is 16.1 Å². The van der Waals surface area contributed by atoms with Crippen molar-refractivity contribution in [2.45, 2.75) is 25.4 Å². The number of rotatable bonds is 6. The van der Waals surface area contributed by atoms with Gasteiger partial charge >= 0.3 is 0 Å². The van der Waals surface area contributed by atoms with Crippen molar-refractivity contribution in [2.24, 2.45) is 0 Å². The Morgan fingerprint density at radius 2 is 1.95 bits per heavy atom. The van der Waals surface area contributed by atoms with Gasteiger partial charge in [-0.05, 0) is 38.0 Å². The van der Waals surface area contributed by atoms with E-state index in [4.69, 9.17) is 16.3 Å². The van der Waals surface area contributed by atoms with Gasteiger partial charge in [0.1, 0.15) is 10.9 Å². The highest BCUT2D eigenvalue weighted by molar-refractivity contribution is 7.22. The van der Waals surface area contributed by atoms with Gasteiger partial charge in [-0.1, -0.05) is 22.9 Å². The molecule has 4 aromatic heterocycles. The largest absolute Gasteiger partial charge is 0.494 e. The highest BCUT2D eigenvalue weighted by Crippen LogP contribution is 2.35. The summed E-state index contributed by atoms with van der Waals surface area (Å²) in [5.41, 5.74) is 2.71. The summed E-state index contributed by atoms with van der Waals surface area (Å²) in [6.45, 7) is 2.82. The van der Waals surface area contributed by atoms with E-state index < -0.39 is 5.60 Å². The summed E-state index contributed by atoms with van der Waals surface area (Å²) < 4.78 is 6.26. The van der Waals surface area contributed by atoms with Gasteiger partial charge in [-0.2, -0.15) is 4.98 Å². The lowest BCUT2D eigenvalue weighted by Gasteiger charge is -2.38.